The van der Waals surface area contributed by atoms with Crippen LogP contribution in [0.3, 0.4) is 0 Å². The third-order valence-corrected chi connectivity index (χ3v) is 2.99. The highest BCUT2D eigenvalue weighted by Gasteiger charge is 1.97. The molecule has 0 saturated carbocycles. The molecule has 0 fully saturated rings. The molecule has 0 aliphatic rings. The van der Waals surface area contributed by atoms with Crippen molar-refractivity contribution in [2.45, 2.75) is 26.7 Å². The lowest BCUT2D eigenvalue weighted by molar-refractivity contribution is 0.911. The lowest BCUT2D eigenvalue weighted by Crippen LogP contribution is -1.89. The van der Waals surface area contributed by atoms with Gasteiger partial charge >= 0.3 is 0 Å². The molecule has 92 valence electrons. The highest BCUT2D eigenvalue weighted by molar-refractivity contribution is 5.70. The van der Waals surface area contributed by atoms with Crippen LogP contribution in [-0.4, -0.2) is 4.98 Å². The van der Waals surface area contributed by atoms with Gasteiger partial charge in [-0.3, -0.25) is 4.98 Å². The minimum atomic E-state index is 1.08. The molecule has 2 aromatic rings. The van der Waals surface area contributed by atoms with E-state index in [1.165, 1.54) is 22.3 Å². The number of rotatable bonds is 4. The van der Waals surface area contributed by atoms with Crippen molar-refractivity contribution in [1.29, 1.82) is 0 Å². The monoisotopic (exact) mass is 237 g/mol. The Bertz CT molecular complexity index is 524. The van der Waals surface area contributed by atoms with E-state index in [9.17, 15) is 0 Å². The Morgan fingerprint density at radius 3 is 2.56 bits per heavy atom. The Morgan fingerprint density at radius 1 is 1.06 bits per heavy atom. The SMILES string of the molecule is CCCc1cnccc1C=Cc1ccc(C)cc1. The van der Waals surface area contributed by atoms with E-state index in [1.807, 2.05) is 12.4 Å². The van der Waals surface area contributed by atoms with Crippen molar-refractivity contribution >= 4 is 12.2 Å². The molecule has 18 heavy (non-hydrogen) atoms. The third kappa shape index (κ3) is 3.30. The van der Waals surface area contributed by atoms with E-state index in [2.05, 4.69) is 61.3 Å². The van der Waals surface area contributed by atoms with Crippen LogP contribution in [0, 0.1) is 6.92 Å². The third-order valence-electron chi connectivity index (χ3n) is 2.99. The highest BCUT2D eigenvalue weighted by atomic mass is 14.6. The maximum atomic E-state index is 4.20. The van der Waals surface area contributed by atoms with Crippen molar-refractivity contribution in [2.75, 3.05) is 0 Å². The molecule has 0 bridgehead atoms. The molecule has 0 aliphatic carbocycles. The van der Waals surface area contributed by atoms with E-state index < -0.39 is 0 Å². The summed E-state index contributed by atoms with van der Waals surface area (Å²) >= 11 is 0. The highest BCUT2D eigenvalue weighted by Crippen LogP contribution is 2.14. The van der Waals surface area contributed by atoms with E-state index in [-0.39, 0.29) is 0 Å². The van der Waals surface area contributed by atoms with E-state index >= 15 is 0 Å². The topological polar surface area (TPSA) is 12.9 Å². The molecule has 0 atom stereocenters. The zero-order valence-corrected chi connectivity index (χ0v) is 11.1. The van der Waals surface area contributed by atoms with Gasteiger partial charge < -0.3 is 0 Å². The number of aryl methyl sites for hydroxylation is 2. The first-order valence-electron chi connectivity index (χ1n) is 6.47. The number of pyridine rings is 1. The standard InChI is InChI=1S/C17H19N/c1-3-4-17-13-18-12-11-16(17)10-9-15-7-5-14(2)6-8-15/h5-13H,3-4H2,1-2H3. The summed E-state index contributed by atoms with van der Waals surface area (Å²) in [7, 11) is 0. The molecule has 0 unspecified atom stereocenters. The Kier molecular flexibility index (Phi) is 4.30. The Labute approximate surface area is 109 Å². The second kappa shape index (κ2) is 6.15. The van der Waals surface area contributed by atoms with Crippen LogP contribution in [0.1, 0.15) is 35.6 Å². The lowest BCUT2D eigenvalue weighted by Gasteiger charge is -2.03. The smallest absolute Gasteiger partial charge is 0.0305 e. The molecule has 0 N–H and O–H groups in total. The van der Waals surface area contributed by atoms with Gasteiger partial charge in [-0.2, -0.15) is 0 Å². The van der Waals surface area contributed by atoms with Crippen LogP contribution < -0.4 is 0 Å². The molecule has 1 aromatic heterocycles. The van der Waals surface area contributed by atoms with Gasteiger partial charge in [0, 0.05) is 12.4 Å². The van der Waals surface area contributed by atoms with Crippen LogP contribution in [0.2, 0.25) is 0 Å². The molecular formula is C17H19N. The van der Waals surface area contributed by atoms with Crippen molar-refractivity contribution in [3.63, 3.8) is 0 Å². The molecule has 0 aliphatic heterocycles. The molecule has 2 rings (SSSR count). The van der Waals surface area contributed by atoms with Crippen LogP contribution >= 0.6 is 0 Å². The van der Waals surface area contributed by atoms with Gasteiger partial charge in [0.25, 0.3) is 0 Å². The predicted octanol–water partition coefficient (Wildman–Crippen LogP) is 4.51. The molecule has 1 heteroatoms. The molecule has 0 saturated heterocycles. The van der Waals surface area contributed by atoms with E-state index in [0.717, 1.165) is 12.8 Å². The van der Waals surface area contributed by atoms with E-state index in [4.69, 9.17) is 0 Å². The number of benzene rings is 1. The van der Waals surface area contributed by atoms with Crippen LogP contribution in [0.4, 0.5) is 0 Å². The molecular weight excluding hydrogens is 218 g/mol. The normalized spacial score (nSPS) is 11.0. The molecule has 1 nitrogen and oxygen atoms in total. The van der Waals surface area contributed by atoms with Crippen molar-refractivity contribution in [3.8, 4) is 0 Å². The fraction of sp³-hybridized carbons (Fsp3) is 0.235. The van der Waals surface area contributed by atoms with Crippen molar-refractivity contribution in [2.24, 2.45) is 0 Å². The first kappa shape index (κ1) is 12.6. The fourth-order valence-corrected chi connectivity index (χ4v) is 1.94. The van der Waals surface area contributed by atoms with Crippen LogP contribution in [0.25, 0.3) is 12.2 Å². The lowest BCUT2D eigenvalue weighted by atomic mass is 10.0. The minimum Gasteiger partial charge on any atom is -0.264 e. The summed E-state index contributed by atoms with van der Waals surface area (Å²) in [6.45, 7) is 4.30. The van der Waals surface area contributed by atoms with Crippen molar-refractivity contribution in [3.05, 3.63) is 65.0 Å². The zero-order chi connectivity index (χ0) is 12.8. The van der Waals surface area contributed by atoms with E-state index in [1.54, 1.807) is 0 Å². The summed E-state index contributed by atoms with van der Waals surface area (Å²) in [4.78, 5) is 4.20. The summed E-state index contributed by atoms with van der Waals surface area (Å²) in [6.07, 6.45) is 10.4. The first-order chi connectivity index (χ1) is 8.79. The summed E-state index contributed by atoms with van der Waals surface area (Å²) in [5, 5.41) is 0. The second-order valence-corrected chi connectivity index (χ2v) is 4.57. The van der Waals surface area contributed by atoms with Gasteiger partial charge in [-0.15, -0.1) is 0 Å². The molecule has 0 spiro atoms. The van der Waals surface area contributed by atoms with Crippen molar-refractivity contribution < 1.29 is 0 Å². The number of hydrogen-bond donors (Lipinski definition) is 0. The van der Waals surface area contributed by atoms with E-state index in [0.29, 0.717) is 0 Å². The Morgan fingerprint density at radius 2 is 1.83 bits per heavy atom. The number of aromatic nitrogens is 1. The first-order valence-corrected chi connectivity index (χ1v) is 6.47. The quantitative estimate of drug-likeness (QED) is 0.762. The average Bonchev–Trinajstić information content (AvgIpc) is 2.40. The Balaban J connectivity index is 2.20. The minimum absolute atomic E-state index is 1.08. The molecule has 1 aromatic carbocycles. The molecule has 1 heterocycles. The van der Waals surface area contributed by atoms with Gasteiger partial charge in [0.05, 0.1) is 0 Å². The maximum absolute atomic E-state index is 4.20. The number of nitrogens with zero attached hydrogens (tertiary/aromatic N) is 1. The summed E-state index contributed by atoms with van der Waals surface area (Å²) in [5.41, 5.74) is 5.12. The predicted molar refractivity (Wildman–Crippen MR) is 78.3 cm³/mol. The van der Waals surface area contributed by atoms with Gasteiger partial charge in [0.1, 0.15) is 0 Å². The number of hydrogen-bond acceptors (Lipinski definition) is 1. The van der Waals surface area contributed by atoms with Gasteiger partial charge in [0.15, 0.2) is 0 Å². The van der Waals surface area contributed by atoms with Crippen LogP contribution in [-0.2, 0) is 6.42 Å². The average molecular weight is 237 g/mol. The van der Waals surface area contributed by atoms with Gasteiger partial charge in [0.2, 0.25) is 0 Å². The van der Waals surface area contributed by atoms with Crippen LogP contribution in [0.5, 0.6) is 0 Å². The summed E-state index contributed by atoms with van der Waals surface area (Å²) in [6, 6.07) is 10.6. The van der Waals surface area contributed by atoms with Gasteiger partial charge in [-0.05, 0) is 36.1 Å². The van der Waals surface area contributed by atoms with Gasteiger partial charge in [-0.25, -0.2) is 0 Å². The summed E-state index contributed by atoms with van der Waals surface area (Å²) in [5.74, 6) is 0. The summed E-state index contributed by atoms with van der Waals surface area (Å²) < 4.78 is 0. The molecule has 0 amide bonds. The van der Waals surface area contributed by atoms with Crippen LogP contribution in [0.15, 0.2) is 42.7 Å². The Hall–Kier alpha value is -1.89. The van der Waals surface area contributed by atoms with Crippen molar-refractivity contribution in [1.82, 2.24) is 4.98 Å². The largest absolute Gasteiger partial charge is 0.264 e. The zero-order valence-electron chi connectivity index (χ0n) is 11.1. The molecule has 0 radical (unpaired) electrons. The maximum Gasteiger partial charge on any atom is 0.0305 e. The van der Waals surface area contributed by atoms with Gasteiger partial charge in [-0.1, -0.05) is 55.3 Å². The fourth-order valence-electron chi connectivity index (χ4n) is 1.94. The second-order valence-electron chi connectivity index (χ2n) is 4.57.